The van der Waals surface area contributed by atoms with Gasteiger partial charge in [-0.1, -0.05) is 19.1 Å². The Labute approximate surface area is 109 Å². The fraction of sp³-hybridized carbons (Fsp3) is 0.200. The first-order chi connectivity index (χ1) is 8.95. The predicted molar refractivity (Wildman–Crippen MR) is 68.0 cm³/mol. The quantitative estimate of drug-likeness (QED) is 0.899. The van der Waals surface area contributed by atoms with E-state index >= 15 is 0 Å². The summed E-state index contributed by atoms with van der Waals surface area (Å²) in [5.41, 5.74) is 5.90. The number of nitrogens with two attached hydrogens (primary N) is 1. The highest BCUT2D eigenvalue weighted by Gasteiger charge is 2.29. The normalized spacial score (nSPS) is 14.2. The Morgan fingerprint density at radius 3 is 2.00 bits per heavy atom. The van der Waals surface area contributed by atoms with Gasteiger partial charge in [-0.2, -0.15) is 0 Å². The second-order valence-electron chi connectivity index (χ2n) is 4.49. The maximum atomic E-state index is 13.3. The van der Waals surface area contributed by atoms with Gasteiger partial charge in [-0.3, -0.25) is 0 Å². The Bertz CT molecular complexity index is 577. The van der Waals surface area contributed by atoms with E-state index in [0.717, 1.165) is 6.07 Å². The summed E-state index contributed by atoms with van der Waals surface area (Å²) in [6, 6.07) is 8.89. The van der Waals surface area contributed by atoms with E-state index in [1.807, 2.05) is 0 Å². The average Bonchev–Trinajstić information content (AvgIpc) is 2.36. The molecule has 100 valence electrons. The van der Waals surface area contributed by atoms with Gasteiger partial charge in [0.25, 0.3) is 0 Å². The Morgan fingerprint density at radius 2 is 1.47 bits per heavy atom. The molecule has 2 rings (SSSR count). The van der Waals surface area contributed by atoms with Crippen molar-refractivity contribution in [3.05, 3.63) is 71.0 Å². The summed E-state index contributed by atoms with van der Waals surface area (Å²) in [5, 5.41) is 0. The molecule has 19 heavy (non-hydrogen) atoms. The summed E-state index contributed by atoms with van der Waals surface area (Å²) < 4.78 is 39.9. The van der Waals surface area contributed by atoms with E-state index < -0.39 is 23.0 Å². The second-order valence-corrected chi connectivity index (χ2v) is 4.49. The number of halogens is 3. The van der Waals surface area contributed by atoms with Crippen LogP contribution in [-0.4, -0.2) is 0 Å². The highest BCUT2D eigenvalue weighted by molar-refractivity contribution is 5.38. The molecular weight excluding hydrogens is 251 g/mol. The van der Waals surface area contributed by atoms with E-state index in [1.165, 1.54) is 30.3 Å². The minimum atomic E-state index is -1.12. The van der Waals surface area contributed by atoms with Gasteiger partial charge in [0.05, 0.1) is 5.54 Å². The molecule has 0 saturated heterocycles. The van der Waals surface area contributed by atoms with Crippen LogP contribution in [0.4, 0.5) is 13.2 Å². The maximum absolute atomic E-state index is 13.3. The third-order valence-corrected chi connectivity index (χ3v) is 3.28. The van der Waals surface area contributed by atoms with Crippen molar-refractivity contribution in [2.24, 2.45) is 5.73 Å². The van der Waals surface area contributed by atoms with Gasteiger partial charge in [0.1, 0.15) is 17.5 Å². The minimum absolute atomic E-state index is 0.290. The van der Waals surface area contributed by atoms with E-state index in [1.54, 1.807) is 13.0 Å². The standard InChI is InChI=1S/C15H14F3N/c1-2-15(19,10-4-3-5-12(16)6-10)11-7-13(17)9-14(18)8-11/h3-9H,2,19H2,1H3. The lowest BCUT2D eigenvalue weighted by Crippen LogP contribution is -2.37. The molecular formula is C15H14F3N. The highest BCUT2D eigenvalue weighted by Crippen LogP contribution is 2.31. The van der Waals surface area contributed by atoms with Crippen LogP contribution in [0.3, 0.4) is 0 Å². The molecule has 0 spiro atoms. The predicted octanol–water partition coefficient (Wildman–Crippen LogP) is 3.72. The zero-order valence-electron chi connectivity index (χ0n) is 10.5. The van der Waals surface area contributed by atoms with Crippen molar-refractivity contribution in [1.29, 1.82) is 0 Å². The molecule has 1 nitrogen and oxygen atoms in total. The SMILES string of the molecule is CCC(N)(c1cccc(F)c1)c1cc(F)cc(F)c1. The van der Waals surface area contributed by atoms with Gasteiger partial charge in [0, 0.05) is 6.07 Å². The zero-order chi connectivity index (χ0) is 14.0. The third-order valence-electron chi connectivity index (χ3n) is 3.28. The van der Waals surface area contributed by atoms with Crippen molar-refractivity contribution in [3.8, 4) is 0 Å². The lowest BCUT2D eigenvalue weighted by Gasteiger charge is -2.29. The number of hydrogen-bond donors (Lipinski definition) is 1. The second kappa shape index (κ2) is 5.05. The van der Waals surface area contributed by atoms with Gasteiger partial charge in [-0.15, -0.1) is 0 Å². The van der Waals surface area contributed by atoms with Crippen molar-refractivity contribution >= 4 is 0 Å². The van der Waals surface area contributed by atoms with E-state index in [2.05, 4.69) is 0 Å². The van der Waals surface area contributed by atoms with E-state index in [4.69, 9.17) is 5.73 Å². The monoisotopic (exact) mass is 265 g/mol. The van der Waals surface area contributed by atoms with Crippen LogP contribution in [0.25, 0.3) is 0 Å². The molecule has 4 heteroatoms. The largest absolute Gasteiger partial charge is 0.318 e. The molecule has 0 bridgehead atoms. The molecule has 2 aromatic rings. The number of benzene rings is 2. The maximum Gasteiger partial charge on any atom is 0.126 e. The van der Waals surface area contributed by atoms with E-state index in [9.17, 15) is 13.2 Å². The van der Waals surface area contributed by atoms with Crippen molar-refractivity contribution in [2.75, 3.05) is 0 Å². The van der Waals surface area contributed by atoms with Crippen LogP contribution >= 0.6 is 0 Å². The fourth-order valence-corrected chi connectivity index (χ4v) is 2.15. The summed E-state index contributed by atoms with van der Waals surface area (Å²) in [7, 11) is 0. The minimum Gasteiger partial charge on any atom is -0.318 e. The number of hydrogen-bond acceptors (Lipinski definition) is 1. The molecule has 2 N–H and O–H groups in total. The Balaban J connectivity index is 2.59. The fourth-order valence-electron chi connectivity index (χ4n) is 2.15. The first kappa shape index (κ1) is 13.6. The van der Waals surface area contributed by atoms with Crippen LogP contribution in [0.5, 0.6) is 0 Å². The van der Waals surface area contributed by atoms with Crippen LogP contribution in [-0.2, 0) is 5.54 Å². The highest BCUT2D eigenvalue weighted by atomic mass is 19.1. The Morgan fingerprint density at radius 1 is 0.895 bits per heavy atom. The van der Waals surface area contributed by atoms with Gasteiger partial charge in [0.2, 0.25) is 0 Å². The smallest absolute Gasteiger partial charge is 0.126 e. The molecule has 0 aromatic heterocycles. The molecule has 0 radical (unpaired) electrons. The lowest BCUT2D eigenvalue weighted by molar-refractivity contribution is 0.498. The van der Waals surface area contributed by atoms with Gasteiger partial charge >= 0.3 is 0 Å². The van der Waals surface area contributed by atoms with Crippen molar-refractivity contribution in [2.45, 2.75) is 18.9 Å². The van der Waals surface area contributed by atoms with Crippen LogP contribution in [0.2, 0.25) is 0 Å². The molecule has 1 atom stereocenters. The average molecular weight is 265 g/mol. The Hall–Kier alpha value is -1.81. The van der Waals surface area contributed by atoms with Gasteiger partial charge in [0.15, 0.2) is 0 Å². The molecule has 0 aliphatic heterocycles. The van der Waals surface area contributed by atoms with Crippen LogP contribution in [0.1, 0.15) is 24.5 Å². The molecule has 0 aliphatic rings. The topological polar surface area (TPSA) is 26.0 Å². The van der Waals surface area contributed by atoms with Gasteiger partial charge in [-0.25, -0.2) is 13.2 Å². The van der Waals surface area contributed by atoms with E-state index in [0.29, 0.717) is 12.0 Å². The molecule has 0 aliphatic carbocycles. The third kappa shape index (κ3) is 2.63. The first-order valence-corrected chi connectivity index (χ1v) is 5.97. The summed E-state index contributed by atoms with van der Waals surface area (Å²) in [4.78, 5) is 0. The van der Waals surface area contributed by atoms with Crippen LogP contribution in [0.15, 0.2) is 42.5 Å². The Kier molecular flexibility index (Phi) is 3.62. The molecule has 0 saturated carbocycles. The molecule has 0 fully saturated rings. The zero-order valence-corrected chi connectivity index (χ0v) is 10.5. The van der Waals surface area contributed by atoms with Crippen molar-refractivity contribution in [3.63, 3.8) is 0 Å². The van der Waals surface area contributed by atoms with E-state index in [-0.39, 0.29) is 5.56 Å². The molecule has 0 heterocycles. The summed E-state index contributed by atoms with van der Waals surface area (Å²) in [6.45, 7) is 1.79. The van der Waals surface area contributed by atoms with Crippen LogP contribution < -0.4 is 5.73 Å². The molecule has 2 aromatic carbocycles. The molecule has 1 unspecified atom stereocenters. The first-order valence-electron chi connectivity index (χ1n) is 5.97. The lowest BCUT2D eigenvalue weighted by atomic mass is 9.81. The summed E-state index contributed by atoms with van der Waals surface area (Å²) >= 11 is 0. The summed E-state index contributed by atoms with van der Waals surface area (Å²) in [6.07, 6.45) is 0.388. The molecule has 0 amide bonds. The van der Waals surface area contributed by atoms with Gasteiger partial charge in [-0.05, 0) is 41.8 Å². The number of rotatable bonds is 3. The van der Waals surface area contributed by atoms with Crippen molar-refractivity contribution in [1.82, 2.24) is 0 Å². The van der Waals surface area contributed by atoms with Gasteiger partial charge < -0.3 is 5.73 Å². The van der Waals surface area contributed by atoms with Crippen molar-refractivity contribution < 1.29 is 13.2 Å². The van der Waals surface area contributed by atoms with Crippen LogP contribution in [0, 0.1) is 17.5 Å². The summed E-state index contributed by atoms with van der Waals surface area (Å²) in [5.74, 6) is -1.83.